The van der Waals surface area contributed by atoms with Crippen LogP contribution in [0.15, 0.2) is 124 Å². The Hall–Kier alpha value is -3.90. The van der Waals surface area contributed by atoms with Crippen molar-refractivity contribution >= 4 is 134 Å². The molecule has 514 valence electrons. The van der Waals surface area contributed by atoms with Crippen molar-refractivity contribution in [2.24, 2.45) is 21.7 Å². The number of aliphatic hydroxyl groups is 2. The van der Waals surface area contributed by atoms with Crippen LogP contribution in [-0.4, -0.2) is 96.0 Å². The molecule has 0 aliphatic carbocycles. The van der Waals surface area contributed by atoms with Crippen LogP contribution < -0.4 is 41.0 Å². The number of carbonyl (C=O) groups is 2. The van der Waals surface area contributed by atoms with E-state index < -0.39 is 54.8 Å². The summed E-state index contributed by atoms with van der Waals surface area (Å²) in [5.41, 5.74) is 43.0. The molecule has 5 rings (SSSR count). The average molecular weight is 1730 g/mol. The molecule has 0 fully saturated rings. The predicted octanol–water partition coefficient (Wildman–Crippen LogP) is 15.2. The number of hydrogen-bond donors (Lipinski definition) is 4. The molecule has 0 bridgehead atoms. The van der Waals surface area contributed by atoms with Crippen LogP contribution in [0.2, 0.25) is 0 Å². The maximum atomic E-state index is 13.1. The maximum Gasteiger partial charge on any atom is 1.00 e. The standard InChI is InChI=1S/C10H12BrFO3S.C10H18O5.C9H9BrFN3.C9H10BrFO.C8H8BrFN4.C8H9BrFNO.CH3ClO2S.ClH.N3.Na/c1-7(6-15-16(2,13)14)8-3-9(11)5-10(12)4-8;1-9(2,3)14-7(11)13-8(12)15-10(4,5)6;1-6(5-13-14-12)7-2-8(10)4-9(11)3-7;1-6(5-12)7-2-8(10)4-9(11)3-7;9-6-1-5(2-7(10)3-6)8(11)4-13-14-12;9-6-1-5(8(11)4-12)2-7(10)3-6;1-5(2,3)4;;1-3-2;/h3-5,7H,6H2,1-2H3;1-6H3;2-4,6H,5H2,1H3;2-4,6,12H,5H2,1H3;1-3,8H,4,11H2;1-3,8,12H,4,11H2;1H3;1H;;/q;;;;;;;;-1;+1/t7-;;2*6-;2*8-;;;;/m1.1111..../s1. The molecule has 5 atom stereocenters. The molecule has 6 N–H and O–H groups in total. The van der Waals surface area contributed by atoms with Crippen molar-refractivity contribution < 1.29 is 107 Å². The molecule has 0 unspecified atom stereocenters. The second-order valence-electron chi connectivity index (χ2n) is 20.4. The summed E-state index contributed by atoms with van der Waals surface area (Å²) in [6.07, 6.45) is -0.205. The van der Waals surface area contributed by atoms with Gasteiger partial charge in [0, 0.05) is 80.4 Å². The number of nitrogens with two attached hydrogens (primary N) is 2. The van der Waals surface area contributed by atoms with Gasteiger partial charge in [-0.3, -0.25) is 9.09 Å². The van der Waals surface area contributed by atoms with Crippen molar-refractivity contribution in [1.29, 1.82) is 0 Å². The number of hydrogen-bond acceptors (Lipinski definition) is 16. The van der Waals surface area contributed by atoms with Crippen molar-refractivity contribution in [3.63, 3.8) is 0 Å². The van der Waals surface area contributed by atoms with E-state index in [0.29, 0.717) is 45.6 Å². The normalized spacial score (nSPS) is 11.9. The molecule has 0 aliphatic rings. The Morgan fingerprint density at radius 2 is 0.806 bits per heavy atom. The summed E-state index contributed by atoms with van der Waals surface area (Å²) in [6.45, 7) is 15.8. The van der Waals surface area contributed by atoms with Gasteiger partial charge in [0.1, 0.15) is 40.3 Å². The second-order valence-corrected chi connectivity index (χ2v) is 29.7. The molecule has 0 aliphatic heterocycles. The van der Waals surface area contributed by atoms with Gasteiger partial charge in [0.2, 0.25) is 9.05 Å². The van der Waals surface area contributed by atoms with Gasteiger partial charge in [-0.1, -0.05) is 111 Å². The maximum absolute atomic E-state index is 13.1. The molecule has 0 heterocycles. The van der Waals surface area contributed by atoms with E-state index in [4.69, 9.17) is 53.3 Å². The molecule has 0 spiro atoms. The van der Waals surface area contributed by atoms with Crippen LogP contribution in [0, 0.1) is 29.1 Å². The van der Waals surface area contributed by atoms with Crippen molar-refractivity contribution in [3.05, 3.63) is 207 Å². The minimum Gasteiger partial charge on any atom is -0.428 e. The molecule has 0 saturated heterocycles. The largest absolute Gasteiger partial charge is 1.00 e. The Bertz CT molecular complexity index is 3210. The van der Waals surface area contributed by atoms with Crippen LogP contribution in [0.5, 0.6) is 0 Å². The summed E-state index contributed by atoms with van der Waals surface area (Å²) in [5.74, 6) is -1.84. The van der Waals surface area contributed by atoms with Crippen molar-refractivity contribution in [3.8, 4) is 0 Å². The Balaban J connectivity index is -0.000000324. The molecule has 5 aromatic carbocycles. The molecule has 38 heteroatoms. The van der Waals surface area contributed by atoms with Gasteiger partial charge in [0.25, 0.3) is 10.1 Å². The molecular formula is C55H70Br5Cl2F5N11NaO12S2. The third kappa shape index (κ3) is 55.9. The van der Waals surface area contributed by atoms with E-state index in [0.717, 1.165) is 23.6 Å². The van der Waals surface area contributed by atoms with Crippen LogP contribution >= 0.6 is 103 Å². The zero-order valence-corrected chi connectivity index (χ0v) is 65.3. The Morgan fingerprint density at radius 3 is 1.08 bits per heavy atom. The van der Waals surface area contributed by atoms with Gasteiger partial charge in [-0.05, 0) is 177 Å². The fourth-order valence-corrected chi connectivity index (χ4v) is 8.66. The molecule has 0 radical (unpaired) electrons. The number of aliphatic hydroxyl groups excluding tert-OH is 2. The Morgan fingerprint density at radius 1 is 0.538 bits per heavy atom. The minimum atomic E-state index is -3.45. The SMILES string of the molecule is CC(C)(C)OC(=O)OC(=O)OC(C)(C)C.CS(=O)(=O)Cl.C[C@H](CN=[N+]=[N-])c1cc(F)cc(Br)c1.C[C@H](CO)c1cc(F)cc(Br)c1.C[C@H](COS(C)(=O)=O)c1cc(F)cc(Br)c1.Cl.N[C@H](CO)c1cc(F)cc(Br)c1.[N-]=[N+]=NC[C@@H](N)c1cc(F)cc(Br)c1.[N-]=[N+]=[N-].[Na+]. The van der Waals surface area contributed by atoms with Gasteiger partial charge >= 0.3 is 41.9 Å². The summed E-state index contributed by atoms with van der Waals surface area (Å²) in [6, 6.07) is 21.4. The topological polar surface area (TPSA) is 388 Å². The number of carbonyl (C=O) groups excluding carboxylic acids is 2. The first-order valence-corrected chi connectivity index (χ1v) is 34.1. The summed E-state index contributed by atoms with van der Waals surface area (Å²) >= 11 is 15.9. The fraction of sp³-hybridized carbons (Fsp3) is 0.418. The van der Waals surface area contributed by atoms with E-state index in [2.05, 4.69) is 119 Å². The summed E-state index contributed by atoms with van der Waals surface area (Å²) in [4.78, 5) is 28.8. The Labute approximate surface area is 612 Å². The first-order chi connectivity index (χ1) is 41.7. The van der Waals surface area contributed by atoms with Crippen LogP contribution in [0.1, 0.15) is 120 Å². The number of ether oxygens (including phenoxy) is 3. The van der Waals surface area contributed by atoms with Gasteiger partial charge < -0.3 is 47.0 Å². The van der Waals surface area contributed by atoms with E-state index in [-0.39, 0.29) is 115 Å². The number of nitrogens with zero attached hydrogens (tertiary/aromatic N) is 9. The summed E-state index contributed by atoms with van der Waals surface area (Å²) < 4.78 is 127. The van der Waals surface area contributed by atoms with E-state index in [1.807, 2.05) is 26.0 Å². The molecular weight excluding hydrogens is 1660 g/mol. The number of benzene rings is 5. The number of halogens is 12. The second kappa shape index (κ2) is 50.5. The van der Waals surface area contributed by atoms with Gasteiger partial charge in [-0.15, -0.1) is 12.4 Å². The monoisotopic (exact) mass is 1720 g/mol. The predicted molar refractivity (Wildman–Crippen MR) is 364 cm³/mol. The van der Waals surface area contributed by atoms with Gasteiger partial charge in [-0.25, -0.2) is 40.0 Å². The van der Waals surface area contributed by atoms with Gasteiger partial charge in [0.05, 0.1) is 31.8 Å². The van der Waals surface area contributed by atoms with E-state index in [1.165, 1.54) is 65.6 Å². The van der Waals surface area contributed by atoms with Crippen LogP contribution in [0.4, 0.5) is 31.5 Å². The van der Waals surface area contributed by atoms with Crippen LogP contribution in [-0.2, 0) is 37.6 Å². The molecule has 5 aromatic rings. The first-order valence-electron chi connectivity index (χ1n) is 25.6. The van der Waals surface area contributed by atoms with Crippen LogP contribution in [0.3, 0.4) is 0 Å². The fourth-order valence-electron chi connectivity index (χ4n) is 5.79. The first kappa shape index (κ1) is 97.8. The molecule has 23 nitrogen and oxygen atoms in total. The number of azide groups is 2. The third-order valence-electron chi connectivity index (χ3n) is 9.70. The van der Waals surface area contributed by atoms with Gasteiger partial charge in [0.15, 0.2) is 0 Å². The van der Waals surface area contributed by atoms with E-state index in [9.17, 15) is 48.4 Å². The smallest absolute Gasteiger partial charge is 0.428 e. The zero-order chi connectivity index (χ0) is 71.2. The molecule has 0 amide bonds. The third-order valence-corrected chi connectivity index (χ3v) is 12.5. The average Bonchev–Trinajstić information content (AvgIpc) is 1.51. The van der Waals surface area contributed by atoms with Crippen molar-refractivity contribution in [1.82, 2.24) is 0 Å². The van der Waals surface area contributed by atoms with Crippen molar-refractivity contribution in [2.75, 3.05) is 45.4 Å². The van der Waals surface area contributed by atoms with Crippen LogP contribution in [0.25, 0.3) is 36.9 Å². The summed E-state index contributed by atoms with van der Waals surface area (Å²) in [5, 5.41) is 24.3. The van der Waals surface area contributed by atoms with E-state index in [1.54, 1.807) is 66.7 Å². The van der Waals surface area contributed by atoms with E-state index >= 15 is 0 Å². The minimum absolute atomic E-state index is 0. The molecule has 93 heavy (non-hydrogen) atoms. The summed E-state index contributed by atoms with van der Waals surface area (Å²) in [7, 11) is -2.15. The zero-order valence-electron chi connectivity index (χ0n) is 52.1. The van der Waals surface area contributed by atoms with Gasteiger partial charge in [-0.2, -0.15) is 8.42 Å². The van der Waals surface area contributed by atoms with Crippen molar-refractivity contribution in [2.45, 2.75) is 103 Å². The quantitative estimate of drug-likeness (QED) is 0.00924. The molecule has 0 aromatic heterocycles. The molecule has 0 saturated carbocycles. The Kier molecular flexibility index (Phi) is 53.0. The number of rotatable bonds is 14.